The summed E-state index contributed by atoms with van der Waals surface area (Å²) in [6, 6.07) is 3.66. The van der Waals surface area contributed by atoms with Crippen LogP contribution in [0.3, 0.4) is 0 Å². The zero-order chi connectivity index (χ0) is 15.2. The highest BCUT2D eigenvalue weighted by Crippen LogP contribution is 2.28. The fourth-order valence-electron chi connectivity index (χ4n) is 2.08. The number of aromatic nitrogens is 1. The molecule has 5 nitrogen and oxygen atoms in total. The molecule has 0 spiro atoms. The molecule has 1 amide bonds. The van der Waals surface area contributed by atoms with Crippen molar-refractivity contribution in [2.45, 2.75) is 26.2 Å². The van der Waals surface area contributed by atoms with Crippen LogP contribution in [0.2, 0.25) is 0 Å². The van der Waals surface area contributed by atoms with Crippen molar-refractivity contribution in [3.05, 3.63) is 23.4 Å². The van der Waals surface area contributed by atoms with Gasteiger partial charge in [-0.15, -0.1) is 0 Å². The molecule has 2 rings (SSSR count). The molecule has 0 saturated heterocycles. The Balaban J connectivity index is 1.90. The minimum absolute atomic E-state index is 0.0126. The number of pyridine rings is 1. The fourth-order valence-corrected chi connectivity index (χ4v) is 2.08. The van der Waals surface area contributed by atoms with E-state index in [0.29, 0.717) is 18.7 Å². The number of amides is 1. The van der Waals surface area contributed by atoms with Crippen LogP contribution in [0, 0.1) is 5.92 Å². The number of likely N-dealkylation sites (N-methyl/N-ethyl adjacent to an activating group) is 1. The third-order valence-electron chi connectivity index (χ3n) is 3.71. The quantitative estimate of drug-likeness (QED) is 0.746. The Morgan fingerprint density at radius 3 is 2.86 bits per heavy atom. The third-order valence-corrected chi connectivity index (χ3v) is 3.71. The van der Waals surface area contributed by atoms with Gasteiger partial charge < -0.3 is 15.0 Å². The predicted molar refractivity (Wildman–Crippen MR) is 83.7 cm³/mol. The standard InChI is InChI=1S/C16H25N3O2/c1-4-14-9-13(10-15(17-2)18-14)16(20)19(3)7-8-21-11-12-5-6-12/h9-10,12H,4-8,11H2,1-3H3,(H,17,18). The van der Waals surface area contributed by atoms with Crippen LogP contribution < -0.4 is 5.32 Å². The summed E-state index contributed by atoms with van der Waals surface area (Å²) < 4.78 is 5.59. The molecular weight excluding hydrogens is 266 g/mol. The van der Waals surface area contributed by atoms with E-state index < -0.39 is 0 Å². The van der Waals surface area contributed by atoms with Gasteiger partial charge in [0.25, 0.3) is 5.91 Å². The van der Waals surface area contributed by atoms with Crippen molar-refractivity contribution >= 4 is 11.7 Å². The number of ether oxygens (including phenoxy) is 1. The minimum Gasteiger partial charge on any atom is -0.379 e. The summed E-state index contributed by atoms with van der Waals surface area (Å²) >= 11 is 0. The van der Waals surface area contributed by atoms with Gasteiger partial charge in [-0.2, -0.15) is 0 Å². The lowest BCUT2D eigenvalue weighted by molar-refractivity contribution is 0.0681. The van der Waals surface area contributed by atoms with Crippen LogP contribution in [0.5, 0.6) is 0 Å². The Hall–Kier alpha value is -1.62. The van der Waals surface area contributed by atoms with E-state index in [2.05, 4.69) is 10.3 Å². The van der Waals surface area contributed by atoms with Crippen LogP contribution in [-0.4, -0.2) is 49.6 Å². The second-order valence-corrected chi connectivity index (χ2v) is 5.58. The van der Waals surface area contributed by atoms with E-state index in [1.165, 1.54) is 12.8 Å². The molecule has 1 aromatic rings. The number of nitrogens with one attached hydrogen (secondary N) is 1. The number of aryl methyl sites for hydroxylation is 1. The Labute approximate surface area is 126 Å². The lowest BCUT2D eigenvalue weighted by atomic mass is 10.1. The summed E-state index contributed by atoms with van der Waals surface area (Å²) in [5.41, 5.74) is 1.60. The predicted octanol–water partition coefficient (Wildman–Crippen LogP) is 2.18. The van der Waals surface area contributed by atoms with Crippen molar-refractivity contribution in [1.82, 2.24) is 9.88 Å². The summed E-state index contributed by atoms with van der Waals surface area (Å²) in [6.45, 7) is 4.08. The molecule has 116 valence electrons. The molecule has 1 saturated carbocycles. The molecule has 1 fully saturated rings. The monoisotopic (exact) mass is 291 g/mol. The highest BCUT2D eigenvalue weighted by atomic mass is 16.5. The Bertz CT molecular complexity index is 464. The van der Waals surface area contributed by atoms with E-state index in [4.69, 9.17) is 4.74 Å². The maximum Gasteiger partial charge on any atom is 0.253 e. The zero-order valence-corrected chi connectivity index (χ0v) is 13.2. The molecule has 1 N–H and O–H groups in total. The average Bonchev–Trinajstić information content (AvgIpc) is 3.34. The maximum absolute atomic E-state index is 12.4. The van der Waals surface area contributed by atoms with Crippen molar-refractivity contribution < 1.29 is 9.53 Å². The van der Waals surface area contributed by atoms with Gasteiger partial charge in [-0.05, 0) is 37.3 Å². The second-order valence-electron chi connectivity index (χ2n) is 5.58. The van der Waals surface area contributed by atoms with Crippen LogP contribution in [-0.2, 0) is 11.2 Å². The van der Waals surface area contributed by atoms with Gasteiger partial charge in [0.1, 0.15) is 5.82 Å². The molecule has 21 heavy (non-hydrogen) atoms. The van der Waals surface area contributed by atoms with Crippen molar-refractivity contribution in [3.8, 4) is 0 Å². The molecule has 1 aliphatic rings. The molecule has 0 atom stereocenters. The largest absolute Gasteiger partial charge is 0.379 e. The minimum atomic E-state index is 0.0126. The van der Waals surface area contributed by atoms with E-state index in [1.807, 2.05) is 27.1 Å². The number of rotatable bonds is 8. The number of carbonyl (C=O) groups is 1. The summed E-state index contributed by atoms with van der Waals surface area (Å²) in [6.07, 6.45) is 3.39. The third kappa shape index (κ3) is 4.70. The van der Waals surface area contributed by atoms with E-state index in [9.17, 15) is 4.79 Å². The first-order valence-corrected chi connectivity index (χ1v) is 7.66. The lowest BCUT2D eigenvalue weighted by Crippen LogP contribution is -2.30. The normalized spacial score (nSPS) is 14.0. The lowest BCUT2D eigenvalue weighted by Gasteiger charge is -2.18. The summed E-state index contributed by atoms with van der Waals surface area (Å²) in [5, 5.41) is 3.00. The topological polar surface area (TPSA) is 54.5 Å². The SMILES string of the molecule is CCc1cc(C(=O)N(C)CCOCC2CC2)cc(NC)n1. The van der Waals surface area contributed by atoms with Gasteiger partial charge >= 0.3 is 0 Å². The molecule has 1 aromatic heterocycles. The van der Waals surface area contributed by atoms with Crippen molar-refractivity contribution in [1.29, 1.82) is 0 Å². The van der Waals surface area contributed by atoms with E-state index in [1.54, 1.807) is 11.0 Å². The Morgan fingerprint density at radius 1 is 1.48 bits per heavy atom. The van der Waals surface area contributed by atoms with Gasteiger partial charge in [0, 0.05) is 38.5 Å². The molecule has 0 unspecified atom stereocenters. The van der Waals surface area contributed by atoms with Crippen LogP contribution in [0.15, 0.2) is 12.1 Å². The van der Waals surface area contributed by atoms with Crippen molar-refractivity contribution in [2.24, 2.45) is 5.92 Å². The number of anilines is 1. The van der Waals surface area contributed by atoms with Crippen LogP contribution in [0.1, 0.15) is 35.8 Å². The first-order chi connectivity index (χ1) is 10.1. The van der Waals surface area contributed by atoms with Gasteiger partial charge in [0.15, 0.2) is 0 Å². The number of hydrogen-bond donors (Lipinski definition) is 1. The second kappa shape index (κ2) is 7.41. The van der Waals surface area contributed by atoms with E-state index in [0.717, 1.165) is 30.5 Å². The van der Waals surface area contributed by atoms with Gasteiger partial charge in [0.05, 0.1) is 6.61 Å². The molecule has 0 radical (unpaired) electrons. The molecule has 0 aliphatic heterocycles. The van der Waals surface area contributed by atoms with E-state index in [-0.39, 0.29) is 5.91 Å². The molecular formula is C16H25N3O2. The number of carbonyl (C=O) groups excluding carboxylic acids is 1. The molecule has 0 bridgehead atoms. The fraction of sp³-hybridized carbons (Fsp3) is 0.625. The highest BCUT2D eigenvalue weighted by Gasteiger charge is 2.21. The summed E-state index contributed by atoms with van der Waals surface area (Å²) in [7, 11) is 3.62. The van der Waals surface area contributed by atoms with Crippen LogP contribution >= 0.6 is 0 Å². The van der Waals surface area contributed by atoms with Crippen LogP contribution in [0.4, 0.5) is 5.82 Å². The van der Waals surface area contributed by atoms with Gasteiger partial charge in [-0.3, -0.25) is 4.79 Å². The van der Waals surface area contributed by atoms with Crippen LogP contribution in [0.25, 0.3) is 0 Å². The smallest absolute Gasteiger partial charge is 0.253 e. The number of nitrogens with zero attached hydrogens (tertiary/aromatic N) is 2. The Morgan fingerprint density at radius 2 is 2.24 bits per heavy atom. The van der Waals surface area contributed by atoms with Crippen molar-refractivity contribution in [2.75, 3.05) is 39.2 Å². The Kier molecular flexibility index (Phi) is 5.56. The first-order valence-electron chi connectivity index (χ1n) is 7.66. The summed E-state index contributed by atoms with van der Waals surface area (Å²) in [4.78, 5) is 18.6. The first kappa shape index (κ1) is 15.8. The maximum atomic E-state index is 12.4. The molecule has 1 aliphatic carbocycles. The number of hydrogen-bond acceptors (Lipinski definition) is 4. The van der Waals surface area contributed by atoms with E-state index >= 15 is 0 Å². The van der Waals surface area contributed by atoms with Crippen molar-refractivity contribution in [3.63, 3.8) is 0 Å². The summed E-state index contributed by atoms with van der Waals surface area (Å²) in [5.74, 6) is 1.51. The zero-order valence-electron chi connectivity index (χ0n) is 13.2. The molecule has 0 aromatic carbocycles. The molecule has 1 heterocycles. The average molecular weight is 291 g/mol. The molecule has 5 heteroatoms. The van der Waals surface area contributed by atoms with Gasteiger partial charge in [-0.25, -0.2) is 4.98 Å². The van der Waals surface area contributed by atoms with Gasteiger partial charge in [-0.1, -0.05) is 6.92 Å². The highest BCUT2D eigenvalue weighted by molar-refractivity contribution is 5.94. The van der Waals surface area contributed by atoms with Gasteiger partial charge in [0.2, 0.25) is 0 Å².